The Labute approximate surface area is 232 Å². The quantitative estimate of drug-likeness (QED) is 0.576. The average Bonchev–Trinajstić information content (AvgIpc) is 3.13. The number of anilines is 1. The summed E-state index contributed by atoms with van der Waals surface area (Å²) in [5.74, 6) is -1.11. The topological polar surface area (TPSA) is 89.5 Å². The molecule has 3 aliphatic rings. The van der Waals surface area contributed by atoms with Gasteiger partial charge in [-0.25, -0.2) is 9.37 Å². The third-order valence-corrected chi connectivity index (χ3v) is 8.53. The van der Waals surface area contributed by atoms with E-state index in [-0.39, 0.29) is 64.4 Å². The van der Waals surface area contributed by atoms with Gasteiger partial charge in [-0.15, -0.1) is 0 Å². The van der Waals surface area contributed by atoms with Crippen molar-refractivity contribution in [1.29, 1.82) is 0 Å². The van der Waals surface area contributed by atoms with Gasteiger partial charge in [0.15, 0.2) is 5.75 Å². The van der Waals surface area contributed by atoms with Crippen molar-refractivity contribution in [2.45, 2.75) is 37.9 Å². The van der Waals surface area contributed by atoms with E-state index in [1.807, 2.05) is 19.0 Å². The van der Waals surface area contributed by atoms with Gasteiger partial charge in [-0.1, -0.05) is 24.2 Å². The number of fused-ring (bicyclic) bond motifs is 2. The van der Waals surface area contributed by atoms with Crippen LogP contribution in [-0.2, 0) is 4.79 Å². The molecule has 2 aromatic rings. The maximum Gasteiger partial charge on any atom is 0.261 e. The molecule has 2 atom stereocenters. The minimum absolute atomic E-state index is 0.00116. The molecule has 2 fully saturated rings. The molecule has 208 valence electrons. The zero-order valence-corrected chi connectivity index (χ0v) is 23.3. The van der Waals surface area contributed by atoms with Crippen molar-refractivity contribution < 1.29 is 23.8 Å². The van der Waals surface area contributed by atoms with Crippen molar-refractivity contribution in [3.8, 4) is 22.8 Å². The smallest absolute Gasteiger partial charge is 0.261 e. The molecule has 39 heavy (non-hydrogen) atoms. The first kappa shape index (κ1) is 27.2. The number of rotatable bonds is 4. The van der Waals surface area contributed by atoms with Crippen molar-refractivity contribution in [3.05, 3.63) is 47.3 Å². The Balaban J connectivity index is 1.70. The van der Waals surface area contributed by atoms with Crippen LogP contribution in [0.4, 0.5) is 10.2 Å². The lowest BCUT2D eigenvalue weighted by Crippen LogP contribution is -2.57. The van der Waals surface area contributed by atoms with E-state index in [2.05, 4.69) is 25.3 Å². The van der Waals surface area contributed by atoms with Crippen LogP contribution >= 0.6 is 11.6 Å². The highest BCUT2D eigenvalue weighted by molar-refractivity contribution is 6.35. The molecule has 11 heteroatoms. The van der Waals surface area contributed by atoms with Gasteiger partial charge in [0.25, 0.3) is 5.91 Å². The molecule has 1 N–H and O–H groups in total. The maximum absolute atomic E-state index is 15.1. The number of ether oxygens (including phenoxy) is 1. The Bertz CT molecular complexity index is 1330. The van der Waals surface area contributed by atoms with E-state index in [1.165, 1.54) is 24.3 Å². The van der Waals surface area contributed by atoms with E-state index < -0.39 is 17.4 Å². The Morgan fingerprint density at radius 3 is 2.67 bits per heavy atom. The van der Waals surface area contributed by atoms with Crippen LogP contribution in [0.2, 0.25) is 5.02 Å². The minimum atomic E-state index is -0.696. The lowest BCUT2D eigenvalue weighted by molar-refractivity contribution is -0.128. The number of pyridine rings is 1. The summed E-state index contributed by atoms with van der Waals surface area (Å²) in [5, 5.41) is 10.6. The molecule has 4 heterocycles. The number of hydrogen-bond acceptors (Lipinski definition) is 7. The first-order valence-electron chi connectivity index (χ1n) is 13.0. The second-order valence-corrected chi connectivity index (χ2v) is 11.3. The van der Waals surface area contributed by atoms with Crippen LogP contribution in [0, 0.1) is 5.82 Å². The van der Waals surface area contributed by atoms with Gasteiger partial charge in [0, 0.05) is 32.2 Å². The number of carbonyl (C=O) groups is 2. The van der Waals surface area contributed by atoms with Crippen molar-refractivity contribution in [2.75, 3.05) is 51.8 Å². The van der Waals surface area contributed by atoms with E-state index in [4.69, 9.17) is 21.3 Å². The molecule has 0 radical (unpaired) electrons. The zero-order valence-electron chi connectivity index (χ0n) is 22.6. The number of hydrogen-bond donors (Lipinski definition) is 1. The third kappa shape index (κ3) is 4.39. The van der Waals surface area contributed by atoms with E-state index in [1.54, 1.807) is 9.80 Å². The van der Waals surface area contributed by atoms with Crippen LogP contribution in [0.5, 0.6) is 11.5 Å². The van der Waals surface area contributed by atoms with Gasteiger partial charge in [-0.05, 0) is 52.6 Å². The molecule has 0 spiro atoms. The average molecular weight is 558 g/mol. The first-order valence-corrected chi connectivity index (χ1v) is 13.4. The number of aromatic hydroxyl groups is 1. The van der Waals surface area contributed by atoms with E-state index >= 15 is 4.39 Å². The Kier molecular flexibility index (Phi) is 6.97. The summed E-state index contributed by atoms with van der Waals surface area (Å²) >= 11 is 6.83. The van der Waals surface area contributed by atoms with Crippen LogP contribution in [0.25, 0.3) is 11.3 Å². The molecule has 0 aliphatic carbocycles. The molecule has 0 bridgehead atoms. The number of aromatic nitrogens is 1. The number of piperazine rings is 1. The number of benzene rings is 1. The number of nitrogens with zero attached hydrogens (tertiary/aromatic N) is 5. The van der Waals surface area contributed by atoms with Crippen molar-refractivity contribution in [1.82, 2.24) is 19.7 Å². The normalized spacial score (nSPS) is 22.3. The predicted molar refractivity (Wildman–Crippen MR) is 147 cm³/mol. The van der Waals surface area contributed by atoms with Gasteiger partial charge in [0.05, 0.1) is 17.1 Å². The van der Waals surface area contributed by atoms with Gasteiger partial charge in [-0.3, -0.25) is 9.59 Å². The molecule has 1 aromatic carbocycles. The Morgan fingerprint density at radius 1 is 1.28 bits per heavy atom. The van der Waals surface area contributed by atoms with Gasteiger partial charge in [0.2, 0.25) is 5.91 Å². The van der Waals surface area contributed by atoms with Crippen molar-refractivity contribution >= 4 is 29.2 Å². The predicted octanol–water partition coefficient (Wildman–Crippen LogP) is 3.40. The molecule has 5 rings (SSSR count). The van der Waals surface area contributed by atoms with Gasteiger partial charge in [0.1, 0.15) is 40.3 Å². The van der Waals surface area contributed by atoms with Crippen LogP contribution in [0.1, 0.15) is 30.6 Å². The lowest BCUT2D eigenvalue weighted by Gasteiger charge is -2.41. The van der Waals surface area contributed by atoms with Crippen molar-refractivity contribution in [2.24, 2.45) is 0 Å². The van der Waals surface area contributed by atoms with Crippen LogP contribution in [-0.4, -0.2) is 101 Å². The molecule has 0 saturated carbocycles. The molecule has 2 saturated heterocycles. The molecule has 1 aromatic heterocycles. The summed E-state index contributed by atoms with van der Waals surface area (Å²) in [7, 11) is 4.02. The highest BCUT2D eigenvalue weighted by Gasteiger charge is 2.47. The standard InChI is InChI=1S/C28H33ClFN5O4/c1-6-20(37)33-12-13-34-16(14-33)15-39-25-22(27(34)38)26(35-11-10-19(32(4)5)28(35,2)3)31-24(23(25)29)21-17(30)8-7-9-18(21)36/h6-9,16,19,36H,1,10-15H2,2-5H3/t16-,19-/m1/s1. The van der Waals surface area contributed by atoms with E-state index in [0.717, 1.165) is 6.42 Å². The minimum Gasteiger partial charge on any atom is -0.507 e. The first-order chi connectivity index (χ1) is 18.5. The maximum atomic E-state index is 15.1. The monoisotopic (exact) mass is 557 g/mol. The molecule has 0 unspecified atom stereocenters. The lowest BCUT2D eigenvalue weighted by atomic mass is 9.94. The highest BCUT2D eigenvalue weighted by Crippen LogP contribution is 2.48. The van der Waals surface area contributed by atoms with Gasteiger partial charge in [-0.2, -0.15) is 0 Å². The fourth-order valence-corrected chi connectivity index (χ4v) is 6.51. The van der Waals surface area contributed by atoms with Crippen LogP contribution in [0.3, 0.4) is 0 Å². The van der Waals surface area contributed by atoms with Crippen LogP contribution in [0.15, 0.2) is 30.9 Å². The summed E-state index contributed by atoms with van der Waals surface area (Å²) in [6.45, 7) is 9.35. The summed E-state index contributed by atoms with van der Waals surface area (Å²) in [5.41, 5.74) is -0.402. The second-order valence-electron chi connectivity index (χ2n) is 11.0. The summed E-state index contributed by atoms with van der Waals surface area (Å²) in [4.78, 5) is 38.8. The Hall–Kier alpha value is -3.37. The number of likely N-dealkylation sites (N-methyl/N-ethyl adjacent to an activating group) is 1. The number of phenols is 1. The molecule has 3 aliphatic heterocycles. The SMILES string of the molecule is C=CC(=O)N1CCN2C(=O)c3c(N4CC[C@@H](N(C)C)C4(C)C)nc(-c4c(O)cccc4F)c(Cl)c3OC[C@H]2C1. The molecule has 2 amide bonds. The number of halogens is 2. The summed E-state index contributed by atoms with van der Waals surface area (Å²) < 4.78 is 21.3. The van der Waals surface area contributed by atoms with Gasteiger partial charge < -0.3 is 29.4 Å². The molecule has 9 nitrogen and oxygen atoms in total. The Morgan fingerprint density at radius 2 is 2.03 bits per heavy atom. The molecular formula is C28H33ClFN5O4. The number of carbonyl (C=O) groups excluding carboxylic acids is 2. The zero-order chi connectivity index (χ0) is 28.2. The van der Waals surface area contributed by atoms with E-state index in [9.17, 15) is 14.7 Å². The van der Waals surface area contributed by atoms with E-state index in [0.29, 0.717) is 25.5 Å². The van der Waals surface area contributed by atoms with Gasteiger partial charge >= 0.3 is 0 Å². The van der Waals surface area contributed by atoms with Crippen molar-refractivity contribution in [3.63, 3.8) is 0 Å². The largest absolute Gasteiger partial charge is 0.507 e. The number of phenolic OH excluding ortho intramolecular Hbond substituents is 1. The highest BCUT2D eigenvalue weighted by atomic mass is 35.5. The fourth-order valence-electron chi connectivity index (χ4n) is 6.23. The summed E-state index contributed by atoms with van der Waals surface area (Å²) in [6.07, 6.45) is 2.08. The number of amides is 2. The van der Waals surface area contributed by atoms with Crippen LogP contribution < -0.4 is 9.64 Å². The second kappa shape index (κ2) is 9.98. The fraction of sp³-hybridized carbons (Fsp3) is 0.464. The summed E-state index contributed by atoms with van der Waals surface area (Å²) in [6, 6.07) is 3.71. The molecular weight excluding hydrogens is 525 g/mol. The third-order valence-electron chi connectivity index (χ3n) is 8.18.